The van der Waals surface area contributed by atoms with E-state index in [0.717, 1.165) is 23.4 Å². The molecule has 1 aliphatic rings. The van der Waals surface area contributed by atoms with Crippen LogP contribution in [-0.2, 0) is 0 Å². The van der Waals surface area contributed by atoms with E-state index in [9.17, 15) is 0 Å². The lowest BCUT2D eigenvalue weighted by Gasteiger charge is -2.26. The number of rotatable bonds is 6. The van der Waals surface area contributed by atoms with Crippen molar-refractivity contribution in [1.29, 1.82) is 0 Å². The first-order chi connectivity index (χ1) is 9.26. The van der Waals surface area contributed by atoms with Crippen molar-refractivity contribution in [2.45, 2.75) is 52.0 Å². The standard InChI is InChI=1S/C17H26ClN/c1-3-11-19-17(14-10-9-13(4-2)12-14)15-7-5-6-8-16(15)18/h5-8,13-14,17,19H,3-4,9-12H2,1-2H3. The summed E-state index contributed by atoms with van der Waals surface area (Å²) in [5.41, 5.74) is 1.29. The van der Waals surface area contributed by atoms with Crippen LogP contribution in [0.4, 0.5) is 0 Å². The lowest BCUT2D eigenvalue weighted by molar-refractivity contribution is 0.354. The smallest absolute Gasteiger partial charge is 0.0453 e. The Balaban J connectivity index is 2.14. The van der Waals surface area contributed by atoms with Crippen molar-refractivity contribution in [3.05, 3.63) is 34.9 Å². The van der Waals surface area contributed by atoms with E-state index in [2.05, 4.69) is 31.3 Å². The zero-order valence-corrected chi connectivity index (χ0v) is 12.9. The summed E-state index contributed by atoms with van der Waals surface area (Å²) in [6.45, 7) is 5.61. The number of hydrogen-bond donors (Lipinski definition) is 1. The fourth-order valence-electron chi connectivity index (χ4n) is 3.34. The van der Waals surface area contributed by atoms with Crippen molar-refractivity contribution in [1.82, 2.24) is 5.32 Å². The van der Waals surface area contributed by atoms with Gasteiger partial charge in [-0.25, -0.2) is 0 Å². The fraction of sp³-hybridized carbons (Fsp3) is 0.647. The molecule has 1 nitrogen and oxygen atoms in total. The van der Waals surface area contributed by atoms with Gasteiger partial charge < -0.3 is 5.32 Å². The van der Waals surface area contributed by atoms with Crippen LogP contribution < -0.4 is 5.32 Å². The molecule has 2 rings (SSSR count). The molecule has 0 heterocycles. The van der Waals surface area contributed by atoms with Gasteiger partial charge in [-0.2, -0.15) is 0 Å². The Morgan fingerprint density at radius 1 is 1.26 bits per heavy atom. The van der Waals surface area contributed by atoms with Crippen molar-refractivity contribution in [2.75, 3.05) is 6.54 Å². The summed E-state index contributed by atoms with van der Waals surface area (Å²) in [5, 5.41) is 4.64. The predicted octanol–water partition coefficient (Wildman–Crippen LogP) is 5.21. The third-order valence-electron chi connectivity index (χ3n) is 4.49. The number of halogens is 1. The summed E-state index contributed by atoms with van der Waals surface area (Å²) in [6, 6.07) is 8.77. The summed E-state index contributed by atoms with van der Waals surface area (Å²) in [4.78, 5) is 0. The molecule has 0 amide bonds. The second kappa shape index (κ2) is 7.31. The van der Waals surface area contributed by atoms with Crippen LogP contribution in [0.5, 0.6) is 0 Å². The maximum Gasteiger partial charge on any atom is 0.0453 e. The molecule has 0 spiro atoms. The predicted molar refractivity (Wildman–Crippen MR) is 83.6 cm³/mol. The van der Waals surface area contributed by atoms with Gasteiger partial charge in [0.15, 0.2) is 0 Å². The van der Waals surface area contributed by atoms with Crippen LogP contribution in [0.2, 0.25) is 5.02 Å². The van der Waals surface area contributed by atoms with Crippen LogP contribution in [0.1, 0.15) is 57.6 Å². The lowest BCUT2D eigenvalue weighted by Crippen LogP contribution is -2.28. The minimum atomic E-state index is 0.435. The van der Waals surface area contributed by atoms with Crippen LogP contribution in [-0.4, -0.2) is 6.54 Å². The molecule has 1 N–H and O–H groups in total. The Morgan fingerprint density at radius 3 is 2.68 bits per heavy atom. The highest BCUT2D eigenvalue weighted by Gasteiger charge is 2.31. The quantitative estimate of drug-likeness (QED) is 0.754. The van der Waals surface area contributed by atoms with Crippen molar-refractivity contribution < 1.29 is 0 Å². The van der Waals surface area contributed by atoms with E-state index < -0.39 is 0 Å². The van der Waals surface area contributed by atoms with Crippen molar-refractivity contribution in [3.8, 4) is 0 Å². The Kier molecular flexibility index (Phi) is 5.72. The molecular weight excluding hydrogens is 254 g/mol. The summed E-state index contributed by atoms with van der Waals surface area (Å²) < 4.78 is 0. The SMILES string of the molecule is CCCNC(c1ccccc1Cl)C1CCC(CC)C1. The Labute approximate surface area is 122 Å². The molecule has 1 aromatic rings. The molecule has 1 aromatic carbocycles. The van der Waals surface area contributed by atoms with Gasteiger partial charge in [-0.3, -0.25) is 0 Å². The van der Waals surface area contributed by atoms with Gasteiger partial charge in [-0.1, -0.05) is 56.5 Å². The van der Waals surface area contributed by atoms with E-state index in [1.807, 2.05) is 12.1 Å². The van der Waals surface area contributed by atoms with Gasteiger partial charge >= 0.3 is 0 Å². The second-order valence-electron chi connectivity index (χ2n) is 5.80. The third-order valence-corrected chi connectivity index (χ3v) is 4.83. The van der Waals surface area contributed by atoms with Crippen LogP contribution in [0.15, 0.2) is 24.3 Å². The minimum Gasteiger partial charge on any atom is -0.310 e. The summed E-state index contributed by atoms with van der Waals surface area (Å²) in [6.07, 6.45) is 6.56. The number of hydrogen-bond acceptors (Lipinski definition) is 1. The molecule has 1 saturated carbocycles. The van der Waals surface area contributed by atoms with Crippen molar-refractivity contribution >= 4 is 11.6 Å². The van der Waals surface area contributed by atoms with E-state index in [0.29, 0.717) is 6.04 Å². The zero-order chi connectivity index (χ0) is 13.7. The minimum absolute atomic E-state index is 0.435. The van der Waals surface area contributed by atoms with E-state index in [1.54, 1.807) is 0 Å². The van der Waals surface area contributed by atoms with E-state index >= 15 is 0 Å². The van der Waals surface area contributed by atoms with Gasteiger partial charge in [0.2, 0.25) is 0 Å². The normalized spacial score (nSPS) is 24.6. The van der Waals surface area contributed by atoms with Crippen LogP contribution >= 0.6 is 11.6 Å². The first-order valence-electron chi connectivity index (χ1n) is 7.74. The molecule has 0 aliphatic heterocycles. The first kappa shape index (κ1) is 14.9. The molecule has 3 unspecified atom stereocenters. The summed E-state index contributed by atoms with van der Waals surface area (Å²) >= 11 is 6.41. The van der Waals surface area contributed by atoms with Crippen LogP contribution in [0.25, 0.3) is 0 Å². The molecule has 3 atom stereocenters. The van der Waals surface area contributed by atoms with E-state index in [-0.39, 0.29) is 0 Å². The third kappa shape index (κ3) is 3.73. The summed E-state index contributed by atoms with van der Waals surface area (Å²) in [7, 11) is 0. The monoisotopic (exact) mass is 279 g/mol. The molecule has 1 aliphatic carbocycles. The Bertz CT molecular complexity index is 391. The highest BCUT2D eigenvalue weighted by atomic mass is 35.5. The second-order valence-corrected chi connectivity index (χ2v) is 6.21. The Morgan fingerprint density at radius 2 is 2.05 bits per heavy atom. The molecule has 2 heteroatoms. The molecule has 0 radical (unpaired) electrons. The Hall–Kier alpha value is -0.530. The van der Waals surface area contributed by atoms with Gasteiger partial charge in [0.25, 0.3) is 0 Å². The van der Waals surface area contributed by atoms with Gasteiger partial charge in [0.05, 0.1) is 0 Å². The van der Waals surface area contributed by atoms with Gasteiger partial charge in [0, 0.05) is 11.1 Å². The summed E-state index contributed by atoms with van der Waals surface area (Å²) in [5.74, 6) is 1.66. The zero-order valence-electron chi connectivity index (χ0n) is 12.2. The van der Waals surface area contributed by atoms with Gasteiger partial charge in [-0.05, 0) is 49.3 Å². The van der Waals surface area contributed by atoms with Crippen LogP contribution in [0, 0.1) is 11.8 Å². The van der Waals surface area contributed by atoms with Gasteiger partial charge in [-0.15, -0.1) is 0 Å². The van der Waals surface area contributed by atoms with E-state index in [4.69, 9.17) is 11.6 Å². The van der Waals surface area contributed by atoms with Gasteiger partial charge in [0.1, 0.15) is 0 Å². The van der Waals surface area contributed by atoms with E-state index in [1.165, 1.54) is 37.7 Å². The number of benzene rings is 1. The highest BCUT2D eigenvalue weighted by Crippen LogP contribution is 2.41. The molecule has 0 aromatic heterocycles. The van der Waals surface area contributed by atoms with Crippen LogP contribution in [0.3, 0.4) is 0 Å². The lowest BCUT2D eigenvalue weighted by atomic mass is 9.90. The average Bonchev–Trinajstić information content (AvgIpc) is 2.90. The largest absolute Gasteiger partial charge is 0.310 e. The number of nitrogens with one attached hydrogen (secondary N) is 1. The van der Waals surface area contributed by atoms with Crippen molar-refractivity contribution in [2.24, 2.45) is 11.8 Å². The molecule has 19 heavy (non-hydrogen) atoms. The fourth-order valence-corrected chi connectivity index (χ4v) is 3.60. The maximum atomic E-state index is 6.41. The molecule has 1 fully saturated rings. The molecule has 0 bridgehead atoms. The highest BCUT2D eigenvalue weighted by molar-refractivity contribution is 6.31. The molecular formula is C17H26ClN. The van der Waals surface area contributed by atoms with Crippen molar-refractivity contribution in [3.63, 3.8) is 0 Å². The average molecular weight is 280 g/mol. The molecule has 0 saturated heterocycles. The first-order valence-corrected chi connectivity index (χ1v) is 8.11. The topological polar surface area (TPSA) is 12.0 Å². The maximum absolute atomic E-state index is 6.41. The molecule has 106 valence electrons.